The van der Waals surface area contributed by atoms with Crippen LogP contribution in [-0.2, 0) is 14.1 Å². The van der Waals surface area contributed by atoms with Gasteiger partial charge in [-0.3, -0.25) is 18.8 Å². The van der Waals surface area contributed by atoms with Crippen LogP contribution < -0.4 is 16.0 Å². The molecule has 1 fully saturated rings. The van der Waals surface area contributed by atoms with Gasteiger partial charge in [0.15, 0.2) is 11.3 Å². The van der Waals surface area contributed by atoms with Crippen LogP contribution >= 0.6 is 0 Å². The third kappa shape index (κ3) is 4.24. The van der Waals surface area contributed by atoms with Crippen LogP contribution in [0.5, 0.6) is 5.75 Å². The summed E-state index contributed by atoms with van der Waals surface area (Å²) < 4.78 is 8.37. The lowest BCUT2D eigenvalue weighted by molar-refractivity contribution is 0.134. The average Bonchev–Trinajstić information content (AvgIpc) is 2.77. The van der Waals surface area contributed by atoms with Crippen molar-refractivity contribution in [3.63, 3.8) is 0 Å². The Morgan fingerprint density at radius 2 is 1.61 bits per heavy atom. The molecule has 0 aliphatic carbocycles. The van der Waals surface area contributed by atoms with Crippen molar-refractivity contribution in [3.8, 4) is 17.1 Å². The number of piperazine rings is 1. The summed E-state index contributed by atoms with van der Waals surface area (Å²) in [5.41, 5.74) is 1.25. The van der Waals surface area contributed by atoms with Crippen LogP contribution in [0.3, 0.4) is 0 Å². The molecule has 1 aromatic carbocycles. The van der Waals surface area contributed by atoms with E-state index in [0.717, 1.165) is 48.6 Å². The number of benzene rings is 1. The van der Waals surface area contributed by atoms with Gasteiger partial charge in [0.05, 0.1) is 11.2 Å². The van der Waals surface area contributed by atoms with E-state index in [-0.39, 0.29) is 5.52 Å². The molecular weight excluding hydrogens is 396 g/mol. The van der Waals surface area contributed by atoms with Gasteiger partial charge in [-0.1, -0.05) is 0 Å². The molecule has 9 nitrogen and oxygen atoms in total. The van der Waals surface area contributed by atoms with E-state index in [2.05, 4.69) is 26.8 Å². The molecule has 0 N–H and O–H groups in total. The maximum atomic E-state index is 12.6. The number of likely N-dealkylation sites (N-methyl/N-ethyl adjacent to an activating group) is 1. The van der Waals surface area contributed by atoms with Crippen LogP contribution in [0, 0.1) is 6.92 Å². The van der Waals surface area contributed by atoms with Crippen molar-refractivity contribution < 1.29 is 4.74 Å². The molecule has 1 aliphatic heterocycles. The Morgan fingerprint density at radius 3 is 2.29 bits per heavy atom. The predicted octanol–water partition coefficient (Wildman–Crippen LogP) is 0.629. The molecule has 3 heterocycles. The summed E-state index contributed by atoms with van der Waals surface area (Å²) in [5, 5.41) is 0. The minimum absolute atomic E-state index is 0.236. The predicted molar refractivity (Wildman–Crippen MR) is 120 cm³/mol. The zero-order chi connectivity index (χ0) is 22.1. The van der Waals surface area contributed by atoms with Crippen LogP contribution in [0.15, 0.2) is 33.9 Å². The molecule has 9 heteroatoms. The molecule has 0 radical (unpaired) electrons. The number of hydrogen-bond acceptors (Lipinski definition) is 7. The maximum Gasteiger partial charge on any atom is 0.331 e. The fraction of sp³-hybridized carbons (Fsp3) is 0.455. The maximum absolute atomic E-state index is 12.6. The van der Waals surface area contributed by atoms with E-state index < -0.39 is 11.2 Å². The molecule has 0 spiro atoms. The van der Waals surface area contributed by atoms with Crippen molar-refractivity contribution in [1.82, 2.24) is 28.9 Å². The number of aromatic nitrogens is 4. The van der Waals surface area contributed by atoms with Gasteiger partial charge in [0.25, 0.3) is 5.56 Å². The smallest absolute Gasteiger partial charge is 0.331 e. The molecule has 1 aliphatic rings. The summed E-state index contributed by atoms with van der Waals surface area (Å²) in [6, 6.07) is 7.55. The van der Waals surface area contributed by atoms with Gasteiger partial charge in [-0.2, -0.15) is 0 Å². The monoisotopic (exact) mass is 424 g/mol. The van der Waals surface area contributed by atoms with Gasteiger partial charge in [0.2, 0.25) is 0 Å². The zero-order valence-corrected chi connectivity index (χ0v) is 18.5. The van der Waals surface area contributed by atoms with E-state index >= 15 is 0 Å². The largest absolute Gasteiger partial charge is 0.492 e. The van der Waals surface area contributed by atoms with Crippen molar-refractivity contribution >= 4 is 11.0 Å². The summed E-state index contributed by atoms with van der Waals surface area (Å²) in [5.74, 6) is 1.23. The Bertz CT molecular complexity index is 1210. The van der Waals surface area contributed by atoms with Crippen LogP contribution in [0.1, 0.15) is 5.69 Å². The number of aryl methyl sites for hydroxylation is 2. The van der Waals surface area contributed by atoms with E-state index in [1.54, 1.807) is 14.0 Å². The van der Waals surface area contributed by atoms with Gasteiger partial charge in [-0.15, -0.1) is 0 Å². The minimum atomic E-state index is -0.422. The summed E-state index contributed by atoms with van der Waals surface area (Å²) in [7, 11) is 5.22. The minimum Gasteiger partial charge on any atom is -0.492 e. The Kier molecular flexibility index (Phi) is 5.88. The fourth-order valence-electron chi connectivity index (χ4n) is 3.88. The third-order valence-electron chi connectivity index (χ3n) is 5.86. The summed E-state index contributed by atoms with van der Waals surface area (Å²) in [6.07, 6.45) is 0. The highest BCUT2D eigenvalue weighted by Crippen LogP contribution is 2.22. The highest BCUT2D eigenvalue weighted by Gasteiger charge is 2.16. The van der Waals surface area contributed by atoms with Crippen molar-refractivity contribution in [2.45, 2.75) is 6.92 Å². The standard InChI is InChI=1S/C22H28N6O3/c1-15-19-18(21(29)27(4)22(30)26(19)3)24-20(23-15)16-5-7-17(8-6-16)31-14-13-28-11-9-25(2)10-12-28/h5-8H,9-14H2,1-4H3. The number of nitrogens with zero attached hydrogens (tertiary/aromatic N) is 6. The Morgan fingerprint density at radius 1 is 0.935 bits per heavy atom. The molecule has 31 heavy (non-hydrogen) atoms. The van der Waals surface area contributed by atoms with E-state index in [4.69, 9.17) is 4.74 Å². The Hall–Kier alpha value is -3.04. The molecule has 0 amide bonds. The van der Waals surface area contributed by atoms with Crippen LogP contribution in [0.4, 0.5) is 0 Å². The molecule has 3 aromatic rings. The highest BCUT2D eigenvalue weighted by molar-refractivity contribution is 5.78. The van der Waals surface area contributed by atoms with E-state index in [0.29, 0.717) is 23.6 Å². The summed E-state index contributed by atoms with van der Waals surface area (Å²) >= 11 is 0. The quantitative estimate of drug-likeness (QED) is 0.594. The summed E-state index contributed by atoms with van der Waals surface area (Å²) in [6.45, 7) is 7.66. The third-order valence-corrected chi connectivity index (χ3v) is 5.86. The topological polar surface area (TPSA) is 85.5 Å². The lowest BCUT2D eigenvalue weighted by atomic mass is 10.2. The number of fused-ring (bicyclic) bond motifs is 1. The first-order valence-corrected chi connectivity index (χ1v) is 10.4. The molecule has 0 bridgehead atoms. The molecule has 164 valence electrons. The highest BCUT2D eigenvalue weighted by atomic mass is 16.5. The molecule has 0 unspecified atom stereocenters. The van der Waals surface area contributed by atoms with Gasteiger partial charge < -0.3 is 9.64 Å². The van der Waals surface area contributed by atoms with E-state index in [1.807, 2.05) is 24.3 Å². The number of ether oxygens (including phenoxy) is 1. The zero-order valence-electron chi connectivity index (χ0n) is 18.5. The average molecular weight is 425 g/mol. The van der Waals surface area contributed by atoms with E-state index in [9.17, 15) is 9.59 Å². The SMILES string of the molecule is Cc1nc(-c2ccc(OCCN3CCN(C)CC3)cc2)nc2c(=O)n(C)c(=O)n(C)c12. The van der Waals surface area contributed by atoms with Gasteiger partial charge in [0.1, 0.15) is 12.4 Å². The van der Waals surface area contributed by atoms with Crippen molar-refractivity contribution in [2.24, 2.45) is 14.1 Å². The first kappa shape index (κ1) is 21.2. The molecule has 0 atom stereocenters. The molecule has 2 aromatic heterocycles. The second-order valence-electron chi connectivity index (χ2n) is 8.05. The second kappa shape index (κ2) is 8.60. The van der Waals surface area contributed by atoms with Gasteiger partial charge >= 0.3 is 5.69 Å². The molecule has 1 saturated heterocycles. The van der Waals surface area contributed by atoms with Gasteiger partial charge in [-0.25, -0.2) is 14.8 Å². The van der Waals surface area contributed by atoms with Crippen molar-refractivity contribution in [3.05, 3.63) is 50.8 Å². The van der Waals surface area contributed by atoms with Crippen molar-refractivity contribution in [1.29, 1.82) is 0 Å². The first-order chi connectivity index (χ1) is 14.8. The first-order valence-electron chi connectivity index (χ1n) is 10.4. The van der Waals surface area contributed by atoms with Gasteiger partial charge in [0, 0.05) is 52.4 Å². The molecular formula is C22H28N6O3. The van der Waals surface area contributed by atoms with Gasteiger partial charge in [-0.05, 0) is 38.2 Å². The normalized spacial score (nSPS) is 15.5. The fourth-order valence-corrected chi connectivity index (χ4v) is 3.88. The van der Waals surface area contributed by atoms with Crippen LogP contribution in [0.25, 0.3) is 22.4 Å². The Balaban J connectivity index is 1.51. The Labute approximate surface area is 180 Å². The second-order valence-corrected chi connectivity index (χ2v) is 8.05. The van der Waals surface area contributed by atoms with E-state index in [1.165, 1.54) is 11.6 Å². The molecule has 4 rings (SSSR count). The van der Waals surface area contributed by atoms with Crippen molar-refractivity contribution in [2.75, 3.05) is 46.4 Å². The summed E-state index contributed by atoms with van der Waals surface area (Å²) in [4.78, 5) is 38.5. The lowest BCUT2D eigenvalue weighted by Crippen LogP contribution is -2.45. The number of hydrogen-bond donors (Lipinski definition) is 0. The van der Waals surface area contributed by atoms with Crippen LogP contribution in [-0.4, -0.2) is 75.3 Å². The van der Waals surface area contributed by atoms with Crippen LogP contribution in [0.2, 0.25) is 0 Å². The number of rotatable bonds is 5. The lowest BCUT2D eigenvalue weighted by Gasteiger charge is -2.32. The molecule has 0 saturated carbocycles.